The van der Waals surface area contributed by atoms with E-state index in [4.69, 9.17) is 32.9 Å². The molecule has 4 aromatic rings. The van der Waals surface area contributed by atoms with Crippen molar-refractivity contribution >= 4 is 51.7 Å². The molecule has 0 radical (unpaired) electrons. The van der Waals surface area contributed by atoms with Crippen LogP contribution in [0, 0.1) is 5.41 Å². The number of aromatic nitrogens is 4. The van der Waals surface area contributed by atoms with E-state index in [1.165, 1.54) is 17.9 Å². The number of aromatic amines is 1. The van der Waals surface area contributed by atoms with Crippen LogP contribution >= 0.6 is 35.0 Å². The molecule has 0 bridgehead atoms. The van der Waals surface area contributed by atoms with Crippen LogP contribution in [-0.4, -0.2) is 44.8 Å². The summed E-state index contributed by atoms with van der Waals surface area (Å²) in [6.45, 7) is 4.14. The van der Waals surface area contributed by atoms with Gasteiger partial charge in [-0.25, -0.2) is 4.98 Å². The van der Waals surface area contributed by atoms with Gasteiger partial charge >= 0.3 is 0 Å². The zero-order valence-electron chi connectivity index (χ0n) is 18.6. The third-order valence-corrected chi connectivity index (χ3v) is 8.64. The van der Waals surface area contributed by atoms with Gasteiger partial charge < -0.3 is 9.64 Å². The molecule has 0 unspecified atom stereocenters. The number of nitrogens with one attached hydrogen (secondary N) is 1. The van der Waals surface area contributed by atoms with Gasteiger partial charge in [-0.3, -0.25) is 10.1 Å². The number of pyridine rings is 2. The minimum atomic E-state index is -0.338. The number of rotatable bonds is 5. The second-order valence-electron chi connectivity index (χ2n) is 9.12. The summed E-state index contributed by atoms with van der Waals surface area (Å²) in [4.78, 5) is 11.1. The standard InChI is InChI=1S/C25H23Cl2N5OS/c1-15(23-19(26)10-28-11-20(23)27)33-17-3-4-21-18(8-17)24(31-30-21)16-2-5-22(29-9-16)32-12-25(13-32)6-7-34-14-25/h2-5,8-11,15H,6-7,12-14H2,1H3,(H,30,31)/t15-/m1/s1. The van der Waals surface area contributed by atoms with Crippen molar-refractivity contribution < 1.29 is 4.74 Å². The number of H-pyrrole nitrogens is 1. The third kappa shape index (κ3) is 3.89. The molecule has 6 rings (SSSR count). The average Bonchev–Trinajstić information content (AvgIpc) is 3.46. The van der Waals surface area contributed by atoms with Crippen molar-refractivity contribution in [1.29, 1.82) is 0 Å². The number of benzene rings is 1. The number of anilines is 1. The lowest BCUT2D eigenvalue weighted by Crippen LogP contribution is -2.56. The first kappa shape index (κ1) is 22.0. The van der Waals surface area contributed by atoms with E-state index in [9.17, 15) is 0 Å². The number of hydrogen-bond donors (Lipinski definition) is 1. The Labute approximate surface area is 212 Å². The molecular formula is C25H23Cl2N5OS. The van der Waals surface area contributed by atoms with E-state index < -0.39 is 0 Å². The lowest BCUT2D eigenvalue weighted by Gasteiger charge is -2.48. The number of ether oxygens (including phenoxy) is 1. The predicted octanol–water partition coefficient (Wildman–Crippen LogP) is 6.41. The molecule has 3 aromatic heterocycles. The monoisotopic (exact) mass is 511 g/mol. The average molecular weight is 512 g/mol. The minimum Gasteiger partial charge on any atom is -0.486 e. The zero-order chi connectivity index (χ0) is 23.3. The van der Waals surface area contributed by atoms with E-state index in [1.54, 1.807) is 12.4 Å². The fourth-order valence-corrected chi connectivity index (χ4v) is 7.05. The lowest BCUT2D eigenvalue weighted by atomic mass is 9.79. The second-order valence-corrected chi connectivity index (χ2v) is 11.0. The first-order chi connectivity index (χ1) is 16.5. The maximum absolute atomic E-state index is 6.30. The van der Waals surface area contributed by atoms with E-state index in [0.29, 0.717) is 21.2 Å². The summed E-state index contributed by atoms with van der Waals surface area (Å²) in [6.07, 6.45) is 6.04. The fraction of sp³-hybridized carbons (Fsp3) is 0.320. The van der Waals surface area contributed by atoms with Crippen LogP contribution < -0.4 is 9.64 Å². The largest absolute Gasteiger partial charge is 0.486 e. The normalized spacial score (nSPS) is 17.8. The highest BCUT2D eigenvalue weighted by Gasteiger charge is 2.45. The highest BCUT2D eigenvalue weighted by molar-refractivity contribution is 7.99. The van der Waals surface area contributed by atoms with E-state index >= 15 is 0 Å². The van der Waals surface area contributed by atoms with Crippen molar-refractivity contribution in [3.05, 3.63) is 64.5 Å². The van der Waals surface area contributed by atoms with Gasteiger partial charge in [0.15, 0.2) is 0 Å². The highest BCUT2D eigenvalue weighted by atomic mass is 35.5. The second kappa shape index (κ2) is 8.63. The van der Waals surface area contributed by atoms with Crippen LogP contribution in [0.1, 0.15) is 25.0 Å². The van der Waals surface area contributed by atoms with Gasteiger partial charge in [-0.1, -0.05) is 23.2 Å². The van der Waals surface area contributed by atoms with Crippen molar-refractivity contribution in [3.8, 4) is 17.0 Å². The molecule has 2 aliphatic heterocycles. The maximum atomic E-state index is 6.30. The van der Waals surface area contributed by atoms with Crippen LogP contribution in [0.2, 0.25) is 10.0 Å². The van der Waals surface area contributed by atoms with Crippen LogP contribution in [-0.2, 0) is 0 Å². The quantitative estimate of drug-likeness (QED) is 0.333. The Morgan fingerprint density at radius 1 is 1.12 bits per heavy atom. The zero-order valence-corrected chi connectivity index (χ0v) is 20.9. The first-order valence-corrected chi connectivity index (χ1v) is 13.2. The summed E-state index contributed by atoms with van der Waals surface area (Å²) in [5.41, 5.74) is 3.98. The Balaban J connectivity index is 1.23. The van der Waals surface area contributed by atoms with Crippen molar-refractivity contribution in [2.24, 2.45) is 5.41 Å². The Kier molecular flexibility index (Phi) is 5.59. The predicted molar refractivity (Wildman–Crippen MR) is 139 cm³/mol. The molecule has 1 spiro atoms. The van der Waals surface area contributed by atoms with Gasteiger partial charge in [0.25, 0.3) is 0 Å². The molecule has 174 valence electrons. The van der Waals surface area contributed by atoms with E-state index in [2.05, 4.69) is 44.0 Å². The Morgan fingerprint density at radius 2 is 1.94 bits per heavy atom. The van der Waals surface area contributed by atoms with Crippen molar-refractivity contribution in [1.82, 2.24) is 20.2 Å². The molecule has 2 saturated heterocycles. The summed E-state index contributed by atoms with van der Waals surface area (Å²) in [6, 6.07) is 10.1. The number of hydrogen-bond acceptors (Lipinski definition) is 6. The molecule has 1 N–H and O–H groups in total. The Hall–Kier alpha value is -2.48. The first-order valence-electron chi connectivity index (χ1n) is 11.2. The Morgan fingerprint density at radius 3 is 2.65 bits per heavy atom. The van der Waals surface area contributed by atoms with Crippen molar-refractivity contribution in [3.63, 3.8) is 0 Å². The summed E-state index contributed by atoms with van der Waals surface area (Å²) in [5, 5.41) is 9.60. The molecular weight excluding hydrogens is 489 g/mol. The van der Waals surface area contributed by atoms with E-state index in [-0.39, 0.29) is 6.10 Å². The number of halogens is 2. The van der Waals surface area contributed by atoms with Crippen molar-refractivity contribution in [2.45, 2.75) is 19.4 Å². The van der Waals surface area contributed by atoms with Crippen LogP contribution in [0.4, 0.5) is 5.82 Å². The molecule has 0 saturated carbocycles. The summed E-state index contributed by atoms with van der Waals surface area (Å²) in [5.74, 6) is 4.31. The maximum Gasteiger partial charge on any atom is 0.128 e. The van der Waals surface area contributed by atoms with E-state index in [0.717, 1.165) is 46.6 Å². The lowest BCUT2D eigenvalue weighted by molar-refractivity contribution is 0.227. The van der Waals surface area contributed by atoms with Gasteiger partial charge in [-0.15, -0.1) is 0 Å². The molecule has 0 amide bonds. The van der Waals surface area contributed by atoms with Crippen LogP contribution in [0.15, 0.2) is 48.9 Å². The third-order valence-electron chi connectivity index (χ3n) is 6.73. The summed E-state index contributed by atoms with van der Waals surface area (Å²) >= 11 is 14.7. The molecule has 2 fully saturated rings. The van der Waals surface area contributed by atoms with Gasteiger partial charge in [-0.2, -0.15) is 16.9 Å². The molecule has 6 nitrogen and oxygen atoms in total. The molecule has 1 atom stereocenters. The molecule has 0 aliphatic carbocycles. The minimum absolute atomic E-state index is 0.338. The topological polar surface area (TPSA) is 66.9 Å². The van der Waals surface area contributed by atoms with Crippen LogP contribution in [0.25, 0.3) is 22.2 Å². The molecule has 34 heavy (non-hydrogen) atoms. The summed E-state index contributed by atoms with van der Waals surface area (Å²) < 4.78 is 6.19. The SMILES string of the molecule is C[C@@H](Oc1ccc2[nH]nc(-c3ccc(N4CC5(CCSC5)C4)nc3)c2c1)c1c(Cl)cncc1Cl. The van der Waals surface area contributed by atoms with Gasteiger partial charge in [0.2, 0.25) is 0 Å². The highest BCUT2D eigenvalue weighted by Crippen LogP contribution is 2.45. The van der Waals surface area contributed by atoms with E-state index in [1.807, 2.05) is 31.3 Å². The molecule has 2 aliphatic rings. The Bertz CT molecular complexity index is 1330. The molecule has 9 heteroatoms. The van der Waals surface area contributed by atoms with Gasteiger partial charge in [0.05, 0.1) is 15.6 Å². The van der Waals surface area contributed by atoms with Crippen LogP contribution in [0.5, 0.6) is 5.75 Å². The smallest absolute Gasteiger partial charge is 0.128 e. The van der Waals surface area contributed by atoms with Gasteiger partial charge in [0, 0.05) is 59.4 Å². The molecule has 1 aromatic carbocycles. The van der Waals surface area contributed by atoms with Gasteiger partial charge in [0.1, 0.15) is 23.4 Å². The fourth-order valence-electron chi connectivity index (χ4n) is 4.90. The summed E-state index contributed by atoms with van der Waals surface area (Å²) in [7, 11) is 0. The number of fused-ring (bicyclic) bond motifs is 1. The number of nitrogens with zero attached hydrogens (tertiary/aromatic N) is 4. The van der Waals surface area contributed by atoms with Crippen LogP contribution in [0.3, 0.4) is 0 Å². The molecule has 5 heterocycles. The number of thioether (sulfide) groups is 1. The van der Waals surface area contributed by atoms with Crippen molar-refractivity contribution in [2.75, 3.05) is 29.5 Å². The van der Waals surface area contributed by atoms with Gasteiger partial charge in [-0.05, 0) is 49.4 Å².